The molecule has 2 aromatic rings. The zero-order valence-electron chi connectivity index (χ0n) is 11.1. The van der Waals surface area contributed by atoms with Crippen LogP contribution < -0.4 is 5.32 Å². The van der Waals surface area contributed by atoms with Crippen molar-refractivity contribution in [2.45, 2.75) is 26.3 Å². The Balaban J connectivity index is 2.35. The number of nitrogens with one attached hydrogen (secondary N) is 1. The molecule has 0 radical (unpaired) electrons. The zero-order chi connectivity index (χ0) is 14.7. The van der Waals surface area contributed by atoms with Crippen LogP contribution in [0.15, 0.2) is 16.5 Å². The molecule has 0 amide bonds. The van der Waals surface area contributed by atoms with Crippen LogP contribution in [0.3, 0.4) is 0 Å². The summed E-state index contributed by atoms with van der Waals surface area (Å²) in [6, 6.07) is 1.72. The summed E-state index contributed by atoms with van der Waals surface area (Å²) in [5.41, 5.74) is -0.1000. The SMILES string of the molecule is CCNC(CC)c1nnc(-c2cc(F)c(Cl)cc2F)o1. The van der Waals surface area contributed by atoms with Crippen molar-refractivity contribution in [2.24, 2.45) is 0 Å². The normalized spacial score (nSPS) is 12.7. The molecule has 1 heterocycles. The Hall–Kier alpha value is -1.53. The molecule has 2 rings (SSSR count). The average Bonchev–Trinajstić information content (AvgIpc) is 2.89. The summed E-state index contributed by atoms with van der Waals surface area (Å²) in [5, 5.41) is 10.5. The lowest BCUT2D eigenvalue weighted by Gasteiger charge is -2.10. The van der Waals surface area contributed by atoms with E-state index < -0.39 is 11.6 Å². The maximum Gasteiger partial charge on any atom is 0.250 e. The Kier molecular flexibility index (Phi) is 4.67. The fourth-order valence-corrected chi connectivity index (χ4v) is 1.97. The molecule has 108 valence electrons. The third kappa shape index (κ3) is 2.96. The van der Waals surface area contributed by atoms with Crippen molar-refractivity contribution in [1.82, 2.24) is 15.5 Å². The molecule has 0 saturated heterocycles. The predicted molar refractivity (Wildman–Crippen MR) is 71.4 cm³/mol. The second-order valence-electron chi connectivity index (χ2n) is 4.21. The van der Waals surface area contributed by atoms with Crippen LogP contribution in [0.4, 0.5) is 8.78 Å². The van der Waals surface area contributed by atoms with E-state index in [9.17, 15) is 8.78 Å². The Morgan fingerprint density at radius 1 is 1.25 bits per heavy atom. The van der Waals surface area contributed by atoms with Gasteiger partial charge in [0.2, 0.25) is 5.89 Å². The maximum atomic E-state index is 13.8. The standard InChI is InChI=1S/C13H14ClF2N3O/c1-3-11(17-4-2)13-19-18-12(20-13)7-5-10(16)8(14)6-9(7)15/h5-6,11,17H,3-4H2,1-2H3. The van der Waals surface area contributed by atoms with E-state index in [0.29, 0.717) is 5.89 Å². The number of benzene rings is 1. The van der Waals surface area contributed by atoms with E-state index in [1.165, 1.54) is 0 Å². The van der Waals surface area contributed by atoms with E-state index in [4.69, 9.17) is 16.0 Å². The van der Waals surface area contributed by atoms with Crippen LogP contribution >= 0.6 is 11.6 Å². The largest absolute Gasteiger partial charge is 0.419 e. The number of rotatable bonds is 5. The topological polar surface area (TPSA) is 51.0 Å². The van der Waals surface area contributed by atoms with Gasteiger partial charge in [0.25, 0.3) is 5.89 Å². The Morgan fingerprint density at radius 2 is 2.00 bits per heavy atom. The fraction of sp³-hybridized carbons (Fsp3) is 0.385. The Labute approximate surface area is 120 Å². The van der Waals surface area contributed by atoms with E-state index in [0.717, 1.165) is 25.1 Å². The molecular formula is C13H14ClF2N3O. The van der Waals surface area contributed by atoms with E-state index in [2.05, 4.69) is 15.5 Å². The van der Waals surface area contributed by atoms with Crippen molar-refractivity contribution >= 4 is 11.6 Å². The fourth-order valence-electron chi connectivity index (χ4n) is 1.82. The molecule has 0 aliphatic heterocycles. The summed E-state index contributed by atoms with van der Waals surface area (Å²) >= 11 is 5.50. The number of nitrogens with zero attached hydrogens (tertiary/aromatic N) is 2. The third-order valence-electron chi connectivity index (χ3n) is 2.84. The van der Waals surface area contributed by atoms with Gasteiger partial charge < -0.3 is 9.73 Å². The van der Waals surface area contributed by atoms with Crippen molar-refractivity contribution in [3.05, 3.63) is 34.7 Å². The minimum Gasteiger partial charge on any atom is -0.419 e. The summed E-state index contributed by atoms with van der Waals surface area (Å²) < 4.78 is 32.6. The molecule has 20 heavy (non-hydrogen) atoms. The van der Waals surface area contributed by atoms with Gasteiger partial charge in [-0.1, -0.05) is 25.4 Å². The lowest BCUT2D eigenvalue weighted by Crippen LogP contribution is -2.20. The molecule has 1 unspecified atom stereocenters. The molecular weight excluding hydrogens is 288 g/mol. The molecule has 0 aliphatic rings. The van der Waals surface area contributed by atoms with E-state index >= 15 is 0 Å². The third-order valence-corrected chi connectivity index (χ3v) is 3.13. The van der Waals surface area contributed by atoms with Crippen LogP contribution in [-0.4, -0.2) is 16.7 Å². The molecule has 4 nitrogen and oxygen atoms in total. The zero-order valence-corrected chi connectivity index (χ0v) is 11.8. The van der Waals surface area contributed by atoms with Crippen molar-refractivity contribution in [3.63, 3.8) is 0 Å². The molecule has 0 saturated carbocycles. The monoisotopic (exact) mass is 301 g/mol. The first-order chi connectivity index (χ1) is 9.56. The van der Waals surface area contributed by atoms with Crippen molar-refractivity contribution in [2.75, 3.05) is 6.54 Å². The van der Waals surface area contributed by atoms with E-state index in [-0.39, 0.29) is 22.5 Å². The van der Waals surface area contributed by atoms with E-state index in [1.54, 1.807) is 0 Å². The van der Waals surface area contributed by atoms with Crippen LogP contribution in [0.1, 0.15) is 32.2 Å². The first-order valence-electron chi connectivity index (χ1n) is 6.28. The average molecular weight is 302 g/mol. The van der Waals surface area contributed by atoms with Gasteiger partial charge in [0.1, 0.15) is 11.6 Å². The lowest BCUT2D eigenvalue weighted by molar-refractivity contribution is 0.401. The smallest absolute Gasteiger partial charge is 0.250 e. The minimum absolute atomic E-state index is 0.0654. The van der Waals surface area contributed by atoms with Gasteiger partial charge in [-0.2, -0.15) is 0 Å². The lowest BCUT2D eigenvalue weighted by atomic mass is 10.2. The van der Waals surface area contributed by atoms with Crippen LogP contribution in [0.5, 0.6) is 0 Å². The van der Waals surface area contributed by atoms with Crippen LogP contribution in [-0.2, 0) is 0 Å². The molecule has 1 N–H and O–H groups in total. The van der Waals surface area contributed by atoms with Gasteiger partial charge in [-0.05, 0) is 25.1 Å². The molecule has 1 aromatic heterocycles. The Bertz CT molecular complexity index is 603. The summed E-state index contributed by atoms with van der Waals surface area (Å²) in [4.78, 5) is 0. The summed E-state index contributed by atoms with van der Waals surface area (Å²) in [7, 11) is 0. The molecule has 1 atom stereocenters. The van der Waals surface area contributed by atoms with E-state index in [1.807, 2.05) is 13.8 Å². The Morgan fingerprint density at radius 3 is 2.65 bits per heavy atom. The van der Waals surface area contributed by atoms with Gasteiger partial charge >= 0.3 is 0 Å². The molecule has 1 aromatic carbocycles. The molecule has 0 spiro atoms. The van der Waals surface area contributed by atoms with Gasteiger partial charge in [-0.25, -0.2) is 8.78 Å². The van der Waals surface area contributed by atoms with Crippen molar-refractivity contribution in [1.29, 1.82) is 0 Å². The first kappa shape index (κ1) is 14.9. The molecule has 7 heteroatoms. The van der Waals surface area contributed by atoms with Crippen molar-refractivity contribution < 1.29 is 13.2 Å². The second-order valence-corrected chi connectivity index (χ2v) is 4.62. The molecule has 0 bridgehead atoms. The highest BCUT2D eigenvalue weighted by Gasteiger charge is 2.19. The van der Waals surface area contributed by atoms with Gasteiger partial charge in [0, 0.05) is 0 Å². The van der Waals surface area contributed by atoms with Gasteiger partial charge in [-0.3, -0.25) is 0 Å². The summed E-state index contributed by atoms with van der Waals surface area (Å²) in [5.74, 6) is -1.16. The molecule has 0 fully saturated rings. The molecule has 0 aliphatic carbocycles. The maximum absolute atomic E-state index is 13.8. The first-order valence-corrected chi connectivity index (χ1v) is 6.66. The predicted octanol–water partition coefficient (Wildman–Crippen LogP) is 3.73. The quantitative estimate of drug-likeness (QED) is 0.855. The highest BCUT2D eigenvalue weighted by atomic mass is 35.5. The summed E-state index contributed by atoms with van der Waals surface area (Å²) in [6.07, 6.45) is 0.743. The van der Waals surface area contributed by atoms with Gasteiger partial charge in [-0.15, -0.1) is 10.2 Å². The minimum atomic E-state index is -0.735. The van der Waals surface area contributed by atoms with Gasteiger partial charge in [0.05, 0.1) is 16.6 Å². The number of halogens is 3. The van der Waals surface area contributed by atoms with Crippen LogP contribution in [0.2, 0.25) is 5.02 Å². The highest BCUT2D eigenvalue weighted by molar-refractivity contribution is 6.30. The second kappa shape index (κ2) is 6.28. The number of hydrogen-bond acceptors (Lipinski definition) is 4. The van der Waals surface area contributed by atoms with Crippen molar-refractivity contribution in [3.8, 4) is 11.5 Å². The number of aromatic nitrogens is 2. The highest BCUT2D eigenvalue weighted by Crippen LogP contribution is 2.28. The van der Waals surface area contributed by atoms with Crippen LogP contribution in [0, 0.1) is 11.6 Å². The summed E-state index contributed by atoms with van der Waals surface area (Å²) in [6.45, 7) is 4.65. The van der Waals surface area contributed by atoms with Crippen LogP contribution in [0.25, 0.3) is 11.5 Å². The number of hydrogen-bond donors (Lipinski definition) is 1. The van der Waals surface area contributed by atoms with Gasteiger partial charge in [0.15, 0.2) is 0 Å².